The number of anilines is 3. The lowest BCUT2D eigenvalue weighted by Gasteiger charge is -2.26. The molecule has 0 fully saturated rings. The van der Waals surface area contributed by atoms with Crippen LogP contribution in [0.5, 0.6) is 0 Å². The highest BCUT2D eigenvalue weighted by Crippen LogP contribution is 2.44. The fourth-order valence-corrected chi connectivity index (χ4v) is 9.75. The highest BCUT2D eigenvalue weighted by molar-refractivity contribution is 6.22. The van der Waals surface area contributed by atoms with Crippen molar-refractivity contribution in [2.45, 2.75) is 0 Å². The summed E-state index contributed by atoms with van der Waals surface area (Å²) in [6, 6.07) is 78.0. The van der Waals surface area contributed by atoms with Crippen molar-refractivity contribution in [3.8, 4) is 27.9 Å². The smallest absolute Gasteiger partial charge is 0.143 e. The second-order valence-electron chi connectivity index (χ2n) is 16.0. The highest BCUT2D eigenvalue weighted by atomic mass is 16.3. The number of rotatable bonds is 6. The van der Waals surface area contributed by atoms with Crippen molar-refractivity contribution in [1.82, 2.24) is 4.57 Å². The molecule has 0 aliphatic carbocycles. The molecule has 0 spiro atoms. The molecule has 0 atom stereocenters. The van der Waals surface area contributed by atoms with Gasteiger partial charge in [-0.05, 0) is 88.6 Å². The number of hydrogen-bond donors (Lipinski definition) is 0. The molecule has 0 N–H and O–H groups in total. The molecule has 4 heteroatoms. The molecular formula is C58H36N2O2. The molecular weight excluding hydrogens is 757 g/mol. The van der Waals surface area contributed by atoms with E-state index < -0.39 is 0 Å². The molecule has 0 aliphatic heterocycles. The normalized spacial score (nSPS) is 11.9. The van der Waals surface area contributed by atoms with Crippen molar-refractivity contribution in [2.24, 2.45) is 0 Å². The van der Waals surface area contributed by atoms with Crippen LogP contribution in [0.2, 0.25) is 0 Å². The molecule has 0 aliphatic rings. The van der Waals surface area contributed by atoms with E-state index >= 15 is 0 Å². The molecule has 10 aromatic carbocycles. The summed E-state index contributed by atoms with van der Waals surface area (Å²) < 4.78 is 15.3. The summed E-state index contributed by atoms with van der Waals surface area (Å²) >= 11 is 0. The van der Waals surface area contributed by atoms with Gasteiger partial charge in [0, 0.05) is 66.2 Å². The summed E-state index contributed by atoms with van der Waals surface area (Å²) in [6.45, 7) is 0. The Morgan fingerprint density at radius 1 is 0.339 bits per heavy atom. The van der Waals surface area contributed by atoms with E-state index in [4.69, 9.17) is 8.83 Å². The van der Waals surface area contributed by atoms with Gasteiger partial charge in [0.05, 0.1) is 11.0 Å². The third kappa shape index (κ3) is 5.27. The van der Waals surface area contributed by atoms with Gasteiger partial charge in [0.25, 0.3) is 0 Å². The number of furan rings is 2. The van der Waals surface area contributed by atoms with Gasteiger partial charge in [-0.1, -0.05) is 152 Å². The van der Waals surface area contributed by atoms with Crippen molar-refractivity contribution < 1.29 is 8.83 Å². The van der Waals surface area contributed by atoms with E-state index in [-0.39, 0.29) is 0 Å². The van der Waals surface area contributed by atoms with E-state index in [9.17, 15) is 0 Å². The number of para-hydroxylation sites is 5. The highest BCUT2D eigenvalue weighted by Gasteiger charge is 2.21. The summed E-state index contributed by atoms with van der Waals surface area (Å²) in [5.74, 6) is 0. The third-order valence-electron chi connectivity index (χ3n) is 12.6. The minimum Gasteiger partial charge on any atom is -0.455 e. The van der Waals surface area contributed by atoms with Crippen LogP contribution in [-0.2, 0) is 0 Å². The fraction of sp³-hybridized carbons (Fsp3) is 0. The maximum atomic E-state index is 6.47. The van der Waals surface area contributed by atoms with Crippen LogP contribution >= 0.6 is 0 Å². The van der Waals surface area contributed by atoms with E-state index in [1.807, 2.05) is 24.3 Å². The van der Waals surface area contributed by atoms with Gasteiger partial charge in [-0.2, -0.15) is 0 Å². The summed E-state index contributed by atoms with van der Waals surface area (Å²) in [4.78, 5) is 2.36. The predicted molar refractivity (Wildman–Crippen MR) is 258 cm³/mol. The molecule has 4 nitrogen and oxygen atoms in total. The lowest BCUT2D eigenvalue weighted by molar-refractivity contribution is 0.669. The average Bonchev–Trinajstić information content (AvgIpc) is 4.02. The average molecular weight is 793 g/mol. The first kappa shape index (κ1) is 34.5. The Morgan fingerprint density at radius 3 is 1.47 bits per heavy atom. The minimum atomic E-state index is 0.897. The van der Waals surface area contributed by atoms with E-state index in [1.54, 1.807) is 0 Å². The van der Waals surface area contributed by atoms with Crippen LogP contribution < -0.4 is 4.90 Å². The number of nitrogens with zero attached hydrogens (tertiary/aromatic N) is 2. The van der Waals surface area contributed by atoms with Gasteiger partial charge in [0.15, 0.2) is 0 Å². The Hall–Kier alpha value is -8.34. The van der Waals surface area contributed by atoms with Crippen molar-refractivity contribution in [3.63, 3.8) is 0 Å². The number of benzene rings is 10. The first-order valence-electron chi connectivity index (χ1n) is 21.1. The molecule has 0 unspecified atom stereocenters. The van der Waals surface area contributed by atoms with Gasteiger partial charge in [-0.25, -0.2) is 0 Å². The van der Waals surface area contributed by atoms with Gasteiger partial charge in [-0.3, -0.25) is 0 Å². The SMILES string of the molecule is c1ccc(-n2c3cc(N(c4ccc(-c5cccc6c5oc5ccccc56)cc4)c4ccc(-c5cccc6c5oc5ccccc56)cc4)ccc3c3c4ccccc4ccc32)cc1. The van der Waals surface area contributed by atoms with Crippen LogP contribution in [0.15, 0.2) is 227 Å². The topological polar surface area (TPSA) is 34.5 Å². The maximum absolute atomic E-state index is 6.47. The zero-order valence-electron chi connectivity index (χ0n) is 33.5. The largest absolute Gasteiger partial charge is 0.455 e. The minimum absolute atomic E-state index is 0.897. The summed E-state index contributed by atoms with van der Waals surface area (Å²) in [6.07, 6.45) is 0. The van der Waals surface area contributed by atoms with Gasteiger partial charge in [-0.15, -0.1) is 0 Å². The molecule has 3 aromatic heterocycles. The van der Waals surface area contributed by atoms with Crippen LogP contribution in [0.1, 0.15) is 0 Å². The Balaban J connectivity index is 0.995. The second-order valence-corrected chi connectivity index (χ2v) is 16.0. The fourth-order valence-electron chi connectivity index (χ4n) is 9.75. The van der Waals surface area contributed by atoms with Gasteiger partial charge < -0.3 is 18.3 Å². The summed E-state index contributed by atoms with van der Waals surface area (Å²) in [5.41, 5.74) is 14.5. The van der Waals surface area contributed by atoms with Crippen LogP contribution in [0.25, 0.3) is 104 Å². The Bertz CT molecular complexity index is 3700. The summed E-state index contributed by atoms with van der Waals surface area (Å²) in [5, 5.41) is 9.46. The van der Waals surface area contributed by atoms with Crippen molar-refractivity contribution >= 4 is 93.5 Å². The van der Waals surface area contributed by atoms with Gasteiger partial charge >= 0.3 is 0 Å². The van der Waals surface area contributed by atoms with E-state index in [2.05, 4.69) is 204 Å². The molecule has 13 aromatic rings. The monoisotopic (exact) mass is 792 g/mol. The van der Waals surface area contributed by atoms with E-state index in [0.29, 0.717) is 0 Å². The zero-order chi connectivity index (χ0) is 40.7. The van der Waals surface area contributed by atoms with Crippen LogP contribution in [0.3, 0.4) is 0 Å². The quantitative estimate of drug-likeness (QED) is 0.168. The van der Waals surface area contributed by atoms with E-state index in [0.717, 1.165) is 94.4 Å². The molecule has 290 valence electrons. The molecule has 0 radical (unpaired) electrons. The Morgan fingerprint density at radius 2 is 0.855 bits per heavy atom. The number of fused-ring (bicyclic) bond motifs is 11. The van der Waals surface area contributed by atoms with Gasteiger partial charge in [0.2, 0.25) is 0 Å². The third-order valence-corrected chi connectivity index (χ3v) is 12.6. The summed E-state index contributed by atoms with van der Waals surface area (Å²) in [7, 11) is 0. The molecule has 13 rings (SSSR count). The number of hydrogen-bond acceptors (Lipinski definition) is 3. The van der Waals surface area contributed by atoms with E-state index in [1.165, 1.54) is 27.1 Å². The van der Waals surface area contributed by atoms with Crippen molar-refractivity contribution in [2.75, 3.05) is 4.90 Å². The predicted octanol–water partition coefficient (Wildman–Crippen LogP) is 16.5. The van der Waals surface area contributed by atoms with Crippen LogP contribution in [0.4, 0.5) is 17.1 Å². The molecule has 0 amide bonds. The Kier molecular flexibility index (Phi) is 7.57. The molecule has 0 saturated carbocycles. The molecule has 62 heavy (non-hydrogen) atoms. The van der Waals surface area contributed by atoms with Gasteiger partial charge in [0.1, 0.15) is 22.3 Å². The molecule has 0 saturated heterocycles. The van der Waals surface area contributed by atoms with Crippen LogP contribution in [-0.4, -0.2) is 4.57 Å². The lowest BCUT2D eigenvalue weighted by atomic mass is 10.0. The maximum Gasteiger partial charge on any atom is 0.143 e. The molecule has 3 heterocycles. The first-order valence-corrected chi connectivity index (χ1v) is 21.1. The lowest BCUT2D eigenvalue weighted by Crippen LogP contribution is -2.10. The van der Waals surface area contributed by atoms with Crippen LogP contribution in [0, 0.1) is 0 Å². The number of aromatic nitrogens is 1. The standard InChI is InChI=1S/C58H36N2O2/c1-2-13-40(14-3-1)60-52-35-28-37-12-4-5-15-44(37)56(52)51-34-33-43(36-53(51)60)59(41-29-24-38(25-30-41)45-18-10-20-49-47-16-6-8-22-54(47)61-57(45)49)42-31-26-39(27-32-42)46-19-11-21-50-48-17-7-9-23-55(48)62-58(46)50/h1-36H. The first-order chi connectivity index (χ1) is 30.7. The van der Waals surface area contributed by atoms with Crippen molar-refractivity contribution in [1.29, 1.82) is 0 Å². The van der Waals surface area contributed by atoms with Crippen molar-refractivity contribution in [3.05, 3.63) is 218 Å². The second kappa shape index (κ2) is 13.6. The Labute approximate surface area is 356 Å². The molecule has 0 bridgehead atoms. The zero-order valence-corrected chi connectivity index (χ0v) is 33.5.